The molecule has 0 saturated carbocycles. The molecule has 9 heteroatoms. The smallest absolute Gasteiger partial charge is 0.276 e. The van der Waals surface area contributed by atoms with E-state index in [-0.39, 0.29) is 6.61 Å². The van der Waals surface area contributed by atoms with Crippen molar-refractivity contribution in [2.24, 2.45) is 7.05 Å². The SMILES string of the molecule is Cc1nn(C)c2ncc(C(=O)NNC(=O)COc3ccc(Br)cc3)cc12. The molecule has 0 radical (unpaired) electrons. The number of aromatic nitrogens is 3. The lowest BCUT2D eigenvalue weighted by atomic mass is 10.2. The van der Waals surface area contributed by atoms with Gasteiger partial charge in [-0.3, -0.25) is 25.1 Å². The van der Waals surface area contributed by atoms with Crippen LogP contribution in [0.4, 0.5) is 0 Å². The zero-order chi connectivity index (χ0) is 18.7. The molecule has 134 valence electrons. The molecule has 0 aliphatic carbocycles. The lowest BCUT2D eigenvalue weighted by Gasteiger charge is -2.09. The Morgan fingerprint density at radius 1 is 1.23 bits per heavy atom. The number of fused-ring (bicyclic) bond motifs is 1. The van der Waals surface area contributed by atoms with Crippen LogP contribution in [0.25, 0.3) is 11.0 Å². The van der Waals surface area contributed by atoms with Gasteiger partial charge in [-0.05, 0) is 37.3 Å². The topological polar surface area (TPSA) is 98.1 Å². The van der Waals surface area contributed by atoms with Crippen LogP contribution in [0.1, 0.15) is 16.1 Å². The number of pyridine rings is 1. The standard InChI is InChI=1S/C17H16BrN5O3/c1-10-14-7-11(8-19-16(14)23(2)22-10)17(25)21-20-15(24)9-26-13-5-3-12(18)4-6-13/h3-8H,9H2,1-2H3,(H,20,24)(H,21,25). The van der Waals surface area contributed by atoms with E-state index in [0.717, 1.165) is 15.6 Å². The molecule has 0 unspecified atom stereocenters. The van der Waals surface area contributed by atoms with E-state index >= 15 is 0 Å². The van der Waals surface area contributed by atoms with Crippen molar-refractivity contribution in [3.8, 4) is 5.75 Å². The largest absolute Gasteiger partial charge is 0.484 e. The van der Waals surface area contributed by atoms with Gasteiger partial charge in [0.25, 0.3) is 11.8 Å². The van der Waals surface area contributed by atoms with Gasteiger partial charge in [-0.1, -0.05) is 15.9 Å². The van der Waals surface area contributed by atoms with Gasteiger partial charge in [0.15, 0.2) is 12.3 Å². The zero-order valence-corrected chi connectivity index (χ0v) is 15.7. The molecule has 26 heavy (non-hydrogen) atoms. The number of amides is 2. The highest BCUT2D eigenvalue weighted by Crippen LogP contribution is 2.17. The maximum absolute atomic E-state index is 12.2. The van der Waals surface area contributed by atoms with Gasteiger partial charge < -0.3 is 4.74 Å². The maximum atomic E-state index is 12.2. The summed E-state index contributed by atoms with van der Waals surface area (Å²) in [4.78, 5) is 28.2. The Bertz CT molecular complexity index is 968. The van der Waals surface area contributed by atoms with Crippen LogP contribution in [0, 0.1) is 6.92 Å². The number of carbonyl (C=O) groups excluding carboxylic acids is 2. The predicted molar refractivity (Wildman–Crippen MR) is 98.5 cm³/mol. The molecule has 0 aliphatic heterocycles. The molecule has 2 N–H and O–H groups in total. The van der Waals surface area contributed by atoms with E-state index in [0.29, 0.717) is 17.0 Å². The fourth-order valence-corrected chi connectivity index (χ4v) is 2.61. The highest BCUT2D eigenvalue weighted by Gasteiger charge is 2.12. The number of ether oxygens (including phenoxy) is 1. The lowest BCUT2D eigenvalue weighted by Crippen LogP contribution is -2.43. The fraction of sp³-hybridized carbons (Fsp3) is 0.176. The Hall–Kier alpha value is -2.94. The second-order valence-corrected chi connectivity index (χ2v) is 6.46. The number of halogens is 1. The van der Waals surface area contributed by atoms with Crippen LogP contribution in [-0.2, 0) is 11.8 Å². The Kier molecular flexibility index (Phi) is 5.17. The van der Waals surface area contributed by atoms with Crippen molar-refractivity contribution in [2.45, 2.75) is 6.92 Å². The minimum absolute atomic E-state index is 0.221. The first-order chi connectivity index (χ1) is 12.4. The van der Waals surface area contributed by atoms with Crippen LogP contribution in [-0.4, -0.2) is 33.2 Å². The minimum Gasteiger partial charge on any atom is -0.484 e. The number of aryl methyl sites for hydroxylation is 2. The summed E-state index contributed by atoms with van der Waals surface area (Å²) in [6, 6.07) is 8.75. The molecule has 0 bridgehead atoms. The summed E-state index contributed by atoms with van der Waals surface area (Å²) in [5.74, 6) is -0.399. The highest BCUT2D eigenvalue weighted by molar-refractivity contribution is 9.10. The van der Waals surface area contributed by atoms with E-state index in [9.17, 15) is 9.59 Å². The third-order valence-corrected chi connectivity index (χ3v) is 4.15. The van der Waals surface area contributed by atoms with Crippen molar-refractivity contribution in [3.63, 3.8) is 0 Å². The summed E-state index contributed by atoms with van der Waals surface area (Å²) >= 11 is 3.32. The van der Waals surface area contributed by atoms with E-state index in [1.165, 1.54) is 6.20 Å². The minimum atomic E-state index is -0.479. The monoisotopic (exact) mass is 417 g/mol. The van der Waals surface area contributed by atoms with Gasteiger partial charge in [-0.25, -0.2) is 4.98 Å². The number of carbonyl (C=O) groups is 2. The molecule has 0 saturated heterocycles. The average molecular weight is 418 g/mol. The van der Waals surface area contributed by atoms with E-state index < -0.39 is 11.8 Å². The van der Waals surface area contributed by atoms with E-state index in [1.54, 1.807) is 42.1 Å². The van der Waals surface area contributed by atoms with Gasteiger partial charge in [0, 0.05) is 23.1 Å². The molecule has 2 amide bonds. The molecule has 1 aromatic carbocycles. The molecule has 8 nitrogen and oxygen atoms in total. The van der Waals surface area contributed by atoms with Crippen molar-refractivity contribution in [1.82, 2.24) is 25.6 Å². The van der Waals surface area contributed by atoms with Crippen molar-refractivity contribution in [1.29, 1.82) is 0 Å². The number of hydrogen-bond donors (Lipinski definition) is 2. The third-order valence-electron chi connectivity index (χ3n) is 3.62. The number of nitrogens with one attached hydrogen (secondary N) is 2. The highest BCUT2D eigenvalue weighted by atomic mass is 79.9. The molecule has 0 aliphatic rings. The van der Waals surface area contributed by atoms with Crippen LogP contribution in [0.5, 0.6) is 5.75 Å². The Morgan fingerprint density at radius 2 is 1.96 bits per heavy atom. The summed E-state index contributed by atoms with van der Waals surface area (Å²) in [5.41, 5.74) is 6.43. The summed E-state index contributed by atoms with van der Waals surface area (Å²) in [6.45, 7) is 1.62. The Morgan fingerprint density at radius 3 is 2.69 bits per heavy atom. The van der Waals surface area contributed by atoms with E-state index in [2.05, 4.69) is 36.9 Å². The zero-order valence-electron chi connectivity index (χ0n) is 14.1. The average Bonchev–Trinajstić information content (AvgIpc) is 2.92. The molecule has 0 fully saturated rings. The molecule has 0 spiro atoms. The fourth-order valence-electron chi connectivity index (χ4n) is 2.35. The number of hydrazine groups is 1. The second-order valence-electron chi connectivity index (χ2n) is 5.55. The molecule has 0 atom stereocenters. The number of rotatable bonds is 4. The van der Waals surface area contributed by atoms with Crippen molar-refractivity contribution >= 4 is 38.8 Å². The van der Waals surface area contributed by atoms with Gasteiger partial charge in [0.1, 0.15) is 5.75 Å². The first-order valence-corrected chi connectivity index (χ1v) is 8.50. The van der Waals surface area contributed by atoms with Crippen LogP contribution < -0.4 is 15.6 Å². The number of benzene rings is 1. The molecular weight excluding hydrogens is 402 g/mol. The predicted octanol–water partition coefficient (Wildman–Crippen LogP) is 1.88. The van der Waals surface area contributed by atoms with Gasteiger partial charge >= 0.3 is 0 Å². The summed E-state index contributed by atoms with van der Waals surface area (Å²) in [6.07, 6.45) is 1.43. The third kappa shape index (κ3) is 3.99. The molecule has 2 heterocycles. The maximum Gasteiger partial charge on any atom is 0.276 e. The lowest BCUT2D eigenvalue weighted by molar-refractivity contribution is -0.123. The summed E-state index contributed by atoms with van der Waals surface area (Å²) in [5, 5.41) is 5.04. The molecular formula is C17H16BrN5O3. The van der Waals surface area contributed by atoms with Crippen molar-refractivity contribution < 1.29 is 14.3 Å². The molecule has 3 aromatic rings. The van der Waals surface area contributed by atoms with Crippen LogP contribution in [0.15, 0.2) is 41.0 Å². The van der Waals surface area contributed by atoms with E-state index in [1.807, 2.05) is 6.92 Å². The summed E-state index contributed by atoms with van der Waals surface area (Å²) in [7, 11) is 1.79. The summed E-state index contributed by atoms with van der Waals surface area (Å²) < 4.78 is 7.89. The van der Waals surface area contributed by atoms with Gasteiger partial charge in [0.05, 0.1) is 11.3 Å². The van der Waals surface area contributed by atoms with Gasteiger partial charge in [-0.15, -0.1) is 0 Å². The normalized spacial score (nSPS) is 10.6. The molecule has 3 rings (SSSR count). The quantitative estimate of drug-likeness (QED) is 0.631. The Labute approximate surface area is 157 Å². The first-order valence-electron chi connectivity index (χ1n) is 7.71. The second kappa shape index (κ2) is 7.52. The van der Waals surface area contributed by atoms with Crippen LogP contribution in [0.2, 0.25) is 0 Å². The molecule has 2 aromatic heterocycles. The van der Waals surface area contributed by atoms with Gasteiger partial charge in [-0.2, -0.15) is 5.10 Å². The number of nitrogens with zero attached hydrogens (tertiary/aromatic N) is 3. The van der Waals surface area contributed by atoms with Crippen LogP contribution >= 0.6 is 15.9 Å². The van der Waals surface area contributed by atoms with Crippen molar-refractivity contribution in [3.05, 3.63) is 52.3 Å². The van der Waals surface area contributed by atoms with Crippen molar-refractivity contribution in [2.75, 3.05) is 6.61 Å². The number of hydrogen-bond acceptors (Lipinski definition) is 5. The van der Waals surface area contributed by atoms with Gasteiger partial charge in [0.2, 0.25) is 0 Å². The van der Waals surface area contributed by atoms with E-state index in [4.69, 9.17) is 4.74 Å². The van der Waals surface area contributed by atoms with Crippen LogP contribution in [0.3, 0.4) is 0 Å². The first kappa shape index (κ1) is 17.9. The Balaban J connectivity index is 1.55.